The summed E-state index contributed by atoms with van der Waals surface area (Å²) in [5.74, 6) is -0.182. The van der Waals surface area contributed by atoms with Crippen molar-refractivity contribution in [3.63, 3.8) is 0 Å². The molecule has 0 spiro atoms. The number of thiophene rings is 1. The van der Waals surface area contributed by atoms with Crippen LogP contribution in [0.4, 0.5) is 27.3 Å². The summed E-state index contributed by atoms with van der Waals surface area (Å²) in [5.41, 5.74) is 5.17. The topological polar surface area (TPSA) is 99.9 Å². The molecule has 44 heavy (non-hydrogen) atoms. The van der Waals surface area contributed by atoms with E-state index in [1.165, 1.54) is 27.1 Å². The lowest BCUT2D eigenvalue weighted by Gasteiger charge is -2.30. The number of rotatable bonds is 6. The van der Waals surface area contributed by atoms with Crippen LogP contribution in [0.2, 0.25) is 0 Å². The van der Waals surface area contributed by atoms with Gasteiger partial charge in [0.25, 0.3) is 11.5 Å². The molecule has 228 valence electrons. The Hall–Kier alpha value is -4.06. The summed E-state index contributed by atoms with van der Waals surface area (Å²) in [6.45, 7) is 2.93. The van der Waals surface area contributed by atoms with Crippen LogP contribution in [0.3, 0.4) is 0 Å². The highest BCUT2D eigenvalue weighted by molar-refractivity contribution is 7.14. The SMILES string of the molecule is Cn1cc(-c2cc(F)cc(N3CCc4c(sc5c4CCCC5)C3=O)c2CO)cc(Nc2ccc(N3CCOCC3)cn2)c1=O. The maximum atomic E-state index is 15.3. The first kappa shape index (κ1) is 28.7. The molecule has 3 aromatic heterocycles. The van der Waals surface area contributed by atoms with Gasteiger partial charge in [0, 0.05) is 48.9 Å². The van der Waals surface area contributed by atoms with E-state index in [4.69, 9.17) is 4.74 Å². The number of aryl methyl sites for hydroxylation is 2. The van der Waals surface area contributed by atoms with Crippen LogP contribution in [0.5, 0.6) is 0 Å². The van der Waals surface area contributed by atoms with Crippen molar-refractivity contribution in [3.8, 4) is 11.1 Å². The number of aromatic nitrogens is 2. The lowest BCUT2D eigenvalue weighted by molar-refractivity contribution is 0.0984. The van der Waals surface area contributed by atoms with Crippen LogP contribution in [0.25, 0.3) is 11.1 Å². The summed E-state index contributed by atoms with van der Waals surface area (Å²) >= 11 is 1.57. The summed E-state index contributed by atoms with van der Waals surface area (Å²) in [4.78, 5) is 37.3. The number of nitrogens with one attached hydrogen (secondary N) is 1. The van der Waals surface area contributed by atoms with E-state index in [0.717, 1.165) is 54.9 Å². The van der Waals surface area contributed by atoms with Gasteiger partial charge in [-0.15, -0.1) is 11.3 Å². The summed E-state index contributed by atoms with van der Waals surface area (Å²) < 4.78 is 22.1. The van der Waals surface area contributed by atoms with Gasteiger partial charge in [-0.1, -0.05) is 0 Å². The average Bonchev–Trinajstić information content (AvgIpc) is 3.43. The van der Waals surface area contributed by atoms with E-state index in [-0.39, 0.29) is 17.2 Å². The number of hydrogen-bond donors (Lipinski definition) is 2. The Labute approximate surface area is 258 Å². The molecule has 1 fully saturated rings. The van der Waals surface area contributed by atoms with Crippen molar-refractivity contribution in [2.75, 3.05) is 48.0 Å². The van der Waals surface area contributed by atoms with Gasteiger partial charge in [0.15, 0.2) is 0 Å². The zero-order chi connectivity index (χ0) is 30.4. The van der Waals surface area contributed by atoms with Crippen LogP contribution in [-0.2, 0) is 37.7 Å². The van der Waals surface area contributed by atoms with Crippen LogP contribution in [0.1, 0.15) is 44.1 Å². The third kappa shape index (κ3) is 5.18. The van der Waals surface area contributed by atoms with Crippen molar-refractivity contribution >= 4 is 40.1 Å². The molecule has 0 bridgehead atoms. The van der Waals surface area contributed by atoms with E-state index >= 15 is 4.39 Å². The number of halogens is 1. The Balaban J connectivity index is 1.22. The minimum Gasteiger partial charge on any atom is -0.392 e. The van der Waals surface area contributed by atoms with Gasteiger partial charge in [0.1, 0.15) is 17.3 Å². The minimum absolute atomic E-state index is 0.147. The third-order valence-corrected chi connectivity index (χ3v) is 10.1. The average molecular weight is 616 g/mol. The van der Waals surface area contributed by atoms with E-state index in [1.54, 1.807) is 41.7 Å². The van der Waals surface area contributed by atoms with Gasteiger partial charge in [-0.25, -0.2) is 9.37 Å². The molecule has 0 radical (unpaired) electrons. The predicted molar refractivity (Wildman–Crippen MR) is 170 cm³/mol. The Kier molecular flexibility index (Phi) is 7.69. The van der Waals surface area contributed by atoms with Crippen LogP contribution < -0.4 is 20.7 Å². The molecule has 5 heterocycles. The number of carbonyl (C=O) groups is 1. The fourth-order valence-electron chi connectivity index (χ4n) is 6.59. The van der Waals surface area contributed by atoms with E-state index in [1.807, 2.05) is 12.1 Å². The molecule has 1 aromatic carbocycles. The molecule has 4 aromatic rings. The zero-order valence-corrected chi connectivity index (χ0v) is 25.4. The van der Waals surface area contributed by atoms with E-state index in [2.05, 4.69) is 15.2 Å². The predicted octanol–water partition coefficient (Wildman–Crippen LogP) is 4.80. The molecular weight excluding hydrogens is 581 g/mol. The van der Waals surface area contributed by atoms with Gasteiger partial charge in [0.2, 0.25) is 0 Å². The van der Waals surface area contributed by atoms with Gasteiger partial charge in [0.05, 0.1) is 42.3 Å². The van der Waals surface area contributed by atoms with Crippen molar-refractivity contribution in [1.82, 2.24) is 9.55 Å². The number of benzene rings is 1. The summed E-state index contributed by atoms with van der Waals surface area (Å²) in [6, 6.07) is 8.07. The highest BCUT2D eigenvalue weighted by atomic mass is 32.1. The number of ether oxygens (including phenoxy) is 1. The number of aliphatic hydroxyl groups excluding tert-OH is 1. The second kappa shape index (κ2) is 11.8. The molecule has 0 saturated carbocycles. The van der Waals surface area contributed by atoms with Crippen molar-refractivity contribution < 1.29 is 19.0 Å². The molecule has 1 amide bonds. The van der Waals surface area contributed by atoms with Gasteiger partial charge in [-0.3, -0.25) is 9.59 Å². The van der Waals surface area contributed by atoms with E-state index in [0.29, 0.717) is 54.4 Å². The first-order valence-electron chi connectivity index (χ1n) is 15.1. The standard InChI is InChI=1S/C33H34FN5O4S/c1-37-18-20(14-27(32(37)41)36-30-7-6-22(17-35-30)38-10-12-43-13-11-38)25-15-21(34)16-28(26(25)19-40)39-9-8-24-23-4-2-3-5-29(23)44-31(24)33(39)42/h6-7,14-18,40H,2-5,8-13,19H2,1H3,(H,35,36). The molecule has 1 aliphatic carbocycles. The number of anilines is 4. The highest BCUT2D eigenvalue weighted by Gasteiger charge is 2.33. The molecule has 9 nitrogen and oxygen atoms in total. The Morgan fingerprint density at radius 1 is 1.05 bits per heavy atom. The Morgan fingerprint density at radius 3 is 2.64 bits per heavy atom. The van der Waals surface area contributed by atoms with Gasteiger partial charge in [-0.05, 0) is 79.1 Å². The molecule has 2 aliphatic heterocycles. The maximum absolute atomic E-state index is 15.3. The summed E-state index contributed by atoms with van der Waals surface area (Å²) in [7, 11) is 1.62. The van der Waals surface area contributed by atoms with Crippen LogP contribution in [-0.4, -0.2) is 53.4 Å². The van der Waals surface area contributed by atoms with Crippen molar-refractivity contribution in [3.05, 3.63) is 85.3 Å². The third-order valence-electron chi connectivity index (χ3n) is 8.83. The van der Waals surface area contributed by atoms with Crippen molar-refractivity contribution in [2.45, 2.75) is 38.7 Å². The van der Waals surface area contributed by atoms with Crippen LogP contribution >= 0.6 is 11.3 Å². The summed E-state index contributed by atoms with van der Waals surface area (Å²) in [5, 5.41) is 13.7. The minimum atomic E-state index is -0.528. The van der Waals surface area contributed by atoms with Crippen LogP contribution in [0.15, 0.2) is 47.5 Å². The molecule has 1 saturated heterocycles. The normalized spacial score (nSPS) is 16.6. The smallest absolute Gasteiger partial charge is 0.274 e. The number of morpholine rings is 1. The molecular formula is C33H34FN5O4S. The zero-order valence-electron chi connectivity index (χ0n) is 24.6. The number of fused-ring (bicyclic) bond motifs is 3. The number of pyridine rings is 2. The fraction of sp³-hybridized carbons (Fsp3) is 0.364. The fourth-order valence-corrected chi connectivity index (χ4v) is 7.98. The highest BCUT2D eigenvalue weighted by Crippen LogP contribution is 2.41. The first-order chi connectivity index (χ1) is 21.4. The summed E-state index contributed by atoms with van der Waals surface area (Å²) in [6.07, 6.45) is 8.37. The number of amides is 1. The van der Waals surface area contributed by atoms with Crippen LogP contribution in [0, 0.1) is 5.82 Å². The van der Waals surface area contributed by atoms with Gasteiger partial charge in [-0.2, -0.15) is 0 Å². The second-order valence-electron chi connectivity index (χ2n) is 11.5. The maximum Gasteiger partial charge on any atom is 0.274 e. The molecule has 3 aliphatic rings. The molecule has 0 unspecified atom stereocenters. The molecule has 2 N–H and O–H groups in total. The molecule has 11 heteroatoms. The lowest BCUT2D eigenvalue weighted by atomic mass is 9.91. The second-order valence-corrected chi connectivity index (χ2v) is 12.6. The number of nitrogens with zero attached hydrogens (tertiary/aromatic N) is 4. The van der Waals surface area contributed by atoms with Crippen molar-refractivity contribution in [1.29, 1.82) is 0 Å². The largest absolute Gasteiger partial charge is 0.392 e. The number of aliphatic hydroxyl groups is 1. The Bertz CT molecular complexity index is 1800. The monoisotopic (exact) mass is 615 g/mol. The van der Waals surface area contributed by atoms with Crippen molar-refractivity contribution in [2.24, 2.45) is 7.05 Å². The lowest BCUT2D eigenvalue weighted by Crippen LogP contribution is -2.37. The quantitative estimate of drug-likeness (QED) is 0.322. The van der Waals surface area contributed by atoms with Gasteiger partial charge >= 0.3 is 0 Å². The Morgan fingerprint density at radius 2 is 1.86 bits per heavy atom. The molecule has 0 atom stereocenters. The first-order valence-corrected chi connectivity index (χ1v) is 15.9. The van der Waals surface area contributed by atoms with E-state index in [9.17, 15) is 14.7 Å². The molecule has 7 rings (SSSR count). The number of carbonyl (C=O) groups excluding carboxylic acids is 1. The van der Waals surface area contributed by atoms with E-state index < -0.39 is 12.4 Å². The number of hydrogen-bond acceptors (Lipinski definition) is 8. The van der Waals surface area contributed by atoms with Gasteiger partial charge < -0.3 is 29.5 Å².